The van der Waals surface area contributed by atoms with E-state index in [1.54, 1.807) is 48.5 Å². The maximum Gasteiger partial charge on any atom is 0.118 e. The summed E-state index contributed by atoms with van der Waals surface area (Å²) in [5, 5.41) is 12.7. The number of alkyl halides is 2. The van der Waals surface area contributed by atoms with Gasteiger partial charge in [-0.25, -0.2) is 0 Å². The van der Waals surface area contributed by atoms with Crippen molar-refractivity contribution in [3.8, 4) is 11.5 Å². The lowest BCUT2D eigenvalue weighted by Crippen LogP contribution is -2.24. The number of oxime groups is 1. The fraction of sp³-hybridized carbons (Fsp3) is 0.316. The first kappa shape index (κ1) is 18.7. The van der Waals surface area contributed by atoms with Crippen molar-refractivity contribution in [3.05, 3.63) is 59.7 Å². The van der Waals surface area contributed by atoms with Gasteiger partial charge in [0.2, 0.25) is 0 Å². The van der Waals surface area contributed by atoms with E-state index in [0.29, 0.717) is 22.6 Å². The molecule has 0 fully saturated rings. The largest absolute Gasteiger partial charge is 0.497 e. The minimum atomic E-state index is -0.848. The molecule has 2 atom stereocenters. The summed E-state index contributed by atoms with van der Waals surface area (Å²) >= 11 is 0. The Morgan fingerprint density at radius 3 is 1.44 bits per heavy atom. The summed E-state index contributed by atoms with van der Waals surface area (Å²) in [6, 6.07) is 13.5. The molecule has 0 aliphatic heterocycles. The molecule has 1 N–H and O–H groups in total. The van der Waals surface area contributed by atoms with Crippen molar-refractivity contribution >= 4 is 5.71 Å². The highest BCUT2D eigenvalue weighted by molar-refractivity contribution is 5.96. The minimum Gasteiger partial charge on any atom is -0.497 e. The minimum absolute atomic E-state index is 0.0420. The van der Waals surface area contributed by atoms with Crippen molar-refractivity contribution in [1.29, 1.82) is 0 Å². The SMILES string of the molecule is COc1ccc(C(CF)C(=NO)C(CF)c2ccc(OC)cc2)cc1. The van der Waals surface area contributed by atoms with E-state index in [4.69, 9.17) is 9.47 Å². The Labute approximate surface area is 145 Å². The molecule has 0 saturated carbocycles. The van der Waals surface area contributed by atoms with Crippen molar-refractivity contribution in [2.75, 3.05) is 27.6 Å². The number of hydrogen-bond donors (Lipinski definition) is 1. The summed E-state index contributed by atoms with van der Waals surface area (Å²) in [6.45, 7) is -1.61. The summed E-state index contributed by atoms with van der Waals surface area (Å²) in [5.41, 5.74) is 1.21. The van der Waals surface area contributed by atoms with Crippen LogP contribution in [0.25, 0.3) is 0 Å². The Morgan fingerprint density at radius 2 is 1.20 bits per heavy atom. The number of halogens is 2. The first-order valence-corrected chi connectivity index (χ1v) is 7.80. The van der Waals surface area contributed by atoms with Gasteiger partial charge in [-0.1, -0.05) is 29.4 Å². The van der Waals surface area contributed by atoms with Gasteiger partial charge in [0, 0.05) is 0 Å². The van der Waals surface area contributed by atoms with Crippen LogP contribution in [0.3, 0.4) is 0 Å². The van der Waals surface area contributed by atoms with E-state index in [1.165, 1.54) is 14.2 Å². The van der Waals surface area contributed by atoms with E-state index >= 15 is 0 Å². The van der Waals surface area contributed by atoms with Crippen LogP contribution in [0.1, 0.15) is 23.0 Å². The zero-order chi connectivity index (χ0) is 18.2. The molecule has 25 heavy (non-hydrogen) atoms. The summed E-state index contributed by atoms with van der Waals surface area (Å²) in [5.74, 6) is -0.445. The van der Waals surface area contributed by atoms with Gasteiger partial charge in [-0.05, 0) is 35.4 Å². The normalized spacial score (nSPS) is 13.0. The Kier molecular flexibility index (Phi) is 6.74. The highest BCUT2D eigenvalue weighted by Crippen LogP contribution is 2.30. The van der Waals surface area contributed by atoms with Crippen LogP contribution < -0.4 is 9.47 Å². The molecule has 0 aliphatic carbocycles. The molecule has 0 bridgehead atoms. The predicted molar refractivity (Wildman–Crippen MR) is 92.6 cm³/mol. The number of benzene rings is 2. The zero-order valence-corrected chi connectivity index (χ0v) is 14.2. The average Bonchev–Trinajstić information content (AvgIpc) is 2.68. The number of ether oxygens (including phenoxy) is 2. The van der Waals surface area contributed by atoms with Gasteiger partial charge in [0.15, 0.2) is 0 Å². The zero-order valence-electron chi connectivity index (χ0n) is 14.2. The Hall–Kier alpha value is -2.63. The fourth-order valence-electron chi connectivity index (χ4n) is 2.73. The summed E-state index contributed by atoms with van der Waals surface area (Å²) in [4.78, 5) is 0. The lowest BCUT2D eigenvalue weighted by atomic mass is 9.84. The van der Waals surface area contributed by atoms with E-state index in [9.17, 15) is 14.0 Å². The second kappa shape index (κ2) is 9.01. The van der Waals surface area contributed by atoms with E-state index in [2.05, 4.69) is 5.16 Å². The summed E-state index contributed by atoms with van der Waals surface area (Å²) in [6.07, 6.45) is 0. The molecule has 0 radical (unpaired) electrons. The first-order valence-electron chi connectivity index (χ1n) is 7.80. The van der Waals surface area contributed by atoms with Crippen LogP contribution in [-0.4, -0.2) is 38.5 Å². The van der Waals surface area contributed by atoms with Crippen molar-refractivity contribution < 1.29 is 23.5 Å². The van der Waals surface area contributed by atoms with E-state index in [-0.39, 0.29) is 5.71 Å². The van der Waals surface area contributed by atoms with Crippen molar-refractivity contribution in [1.82, 2.24) is 0 Å². The van der Waals surface area contributed by atoms with Gasteiger partial charge in [-0.15, -0.1) is 0 Å². The summed E-state index contributed by atoms with van der Waals surface area (Å²) < 4.78 is 37.6. The number of nitrogens with zero attached hydrogens (tertiary/aromatic N) is 1. The Bertz CT molecular complexity index is 629. The molecule has 0 amide bonds. The quantitative estimate of drug-likeness (QED) is 0.438. The molecular weight excluding hydrogens is 328 g/mol. The highest BCUT2D eigenvalue weighted by atomic mass is 19.1. The fourth-order valence-corrected chi connectivity index (χ4v) is 2.73. The molecule has 4 nitrogen and oxygen atoms in total. The maximum atomic E-state index is 13.7. The summed E-state index contributed by atoms with van der Waals surface area (Å²) in [7, 11) is 3.07. The van der Waals surface area contributed by atoms with Crippen molar-refractivity contribution in [3.63, 3.8) is 0 Å². The average molecular weight is 349 g/mol. The molecular formula is C19H21F2NO3. The highest BCUT2D eigenvalue weighted by Gasteiger charge is 2.28. The molecule has 0 spiro atoms. The molecule has 2 unspecified atom stereocenters. The maximum absolute atomic E-state index is 13.7. The second-order valence-corrected chi connectivity index (χ2v) is 5.48. The molecule has 134 valence electrons. The van der Waals surface area contributed by atoms with Crippen LogP contribution in [0.15, 0.2) is 53.7 Å². The molecule has 2 rings (SSSR count). The molecule has 0 saturated heterocycles. The van der Waals surface area contributed by atoms with Crippen LogP contribution in [0.2, 0.25) is 0 Å². The molecule has 2 aromatic rings. The van der Waals surface area contributed by atoms with Crippen molar-refractivity contribution in [2.24, 2.45) is 5.16 Å². The first-order chi connectivity index (χ1) is 12.2. The third kappa shape index (κ3) is 4.26. The standard InChI is InChI=1S/C19H21F2NO3/c1-24-15-7-3-13(4-8-15)17(11-20)19(22-23)18(12-21)14-5-9-16(25-2)10-6-14/h3-10,17-18,23H,11-12H2,1-2H3. The Morgan fingerprint density at radius 1 is 0.840 bits per heavy atom. The smallest absolute Gasteiger partial charge is 0.118 e. The van der Waals surface area contributed by atoms with Gasteiger partial charge < -0.3 is 14.7 Å². The lowest BCUT2D eigenvalue weighted by Gasteiger charge is -2.22. The molecule has 2 aromatic carbocycles. The van der Waals surface area contributed by atoms with E-state index in [1.807, 2.05) is 0 Å². The monoisotopic (exact) mass is 349 g/mol. The third-order valence-electron chi connectivity index (χ3n) is 4.17. The van der Waals surface area contributed by atoms with Crippen LogP contribution in [0.4, 0.5) is 8.78 Å². The van der Waals surface area contributed by atoms with Crippen LogP contribution in [0.5, 0.6) is 11.5 Å². The van der Waals surface area contributed by atoms with Gasteiger partial charge in [0.1, 0.15) is 24.8 Å². The van der Waals surface area contributed by atoms with Gasteiger partial charge in [-0.2, -0.15) is 0 Å². The molecule has 6 heteroatoms. The second-order valence-electron chi connectivity index (χ2n) is 5.48. The van der Waals surface area contributed by atoms with Crippen LogP contribution in [0, 0.1) is 0 Å². The van der Waals surface area contributed by atoms with Crippen molar-refractivity contribution in [2.45, 2.75) is 11.8 Å². The van der Waals surface area contributed by atoms with Crippen LogP contribution >= 0.6 is 0 Å². The van der Waals surface area contributed by atoms with E-state index in [0.717, 1.165) is 0 Å². The molecule has 0 aliphatic rings. The van der Waals surface area contributed by atoms with Crippen LogP contribution in [-0.2, 0) is 0 Å². The topological polar surface area (TPSA) is 51.0 Å². The van der Waals surface area contributed by atoms with Gasteiger partial charge >= 0.3 is 0 Å². The van der Waals surface area contributed by atoms with Gasteiger partial charge in [-0.3, -0.25) is 8.78 Å². The third-order valence-corrected chi connectivity index (χ3v) is 4.17. The van der Waals surface area contributed by atoms with Gasteiger partial charge in [0.05, 0.1) is 31.8 Å². The predicted octanol–water partition coefficient (Wildman–Crippen LogP) is 4.34. The van der Waals surface area contributed by atoms with Gasteiger partial charge in [0.25, 0.3) is 0 Å². The molecule has 0 heterocycles. The Balaban J connectivity index is 2.34. The van der Waals surface area contributed by atoms with E-state index < -0.39 is 25.2 Å². The number of methoxy groups -OCH3 is 2. The lowest BCUT2D eigenvalue weighted by molar-refractivity contribution is 0.309. The number of rotatable bonds is 8. The molecule has 0 aromatic heterocycles. The number of hydrogen-bond acceptors (Lipinski definition) is 4.